The van der Waals surface area contributed by atoms with E-state index >= 15 is 0 Å². The molecule has 1 aromatic rings. The van der Waals surface area contributed by atoms with E-state index in [-0.39, 0.29) is 24.1 Å². The molecule has 0 fully saturated rings. The van der Waals surface area contributed by atoms with E-state index in [0.29, 0.717) is 0 Å². The summed E-state index contributed by atoms with van der Waals surface area (Å²) >= 11 is 0. The number of rotatable bonds is 8. The summed E-state index contributed by atoms with van der Waals surface area (Å²) in [5.74, 6) is -0.299. The van der Waals surface area contributed by atoms with Gasteiger partial charge in [-0.2, -0.15) is 0 Å². The third-order valence-electron chi connectivity index (χ3n) is 3.77. The molecule has 0 radical (unpaired) electrons. The summed E-state index contributed by atoms with van der Waals surface area (Å²) in [4.78, 5) is 10.5. The Morgan fingerprint density at radius 1 is 1.08 bits per heavy atom. The second kappa shape index (κ2) is 8.38. The van der Waals surface area contributed by atoms with E-state index in [0.717, 1.165) is 5.56 Å². The third kappa shape index (κ3) is 4.20. The van der Waals surface area contributed by atoms with Crippen LogP contribution in [0.5, 0.6) is 0 Å². The van der Waals surface area contributed by atoms with E-state index in [1.807, 2.05) is 30.3 Å². The van der Waals surface area contributed by atoms with Gasteiger partial charge in [-0.3, -0.25) is 14.7 Å². The minimum absolute atomic E-state index is 0.262. The van der Waals surface area contributed by atoms with Crippen molar-refractivity contribution < 1.29 is 18.5 Å². The molecule has 1 atom stereocenters. The van der Waals surface area contributed by atoms with E-state index in [1.54, 1.807) is 26.0 Å². The molecule has 1 aliphatic rings. The Balaban J connectivity index is 2.41. The van der Waals surface area contributed by atoms with Crippen molar-refractivity contribution in [2.75, 3.05) is 13.2 Å². The molecule has 0 saturated carbocycles. The fraction of sp³-hybridized carbons (Fsp3) is 0.412. The molecule has 0 bridgehead atoms. The lowest BCUT2D eigenvalue weighted by molar-refractivity contribution is -0.496. The lowest BCUT2D eigenvalue weighted by Gasteiger charge is -2.31. The maximum absolute atomic E-state index is 13.4. The maximum atomic E-state index is 13.4. The fourth-order valence-electron chi connectivity index (χ4n) is 2.79. The Hall–Kier alpha value is -1.75. The smallest absolute Gasteiger partial charge is 0.308 e. The second-order valence-corrected chi connectivity index (χ2v) is 7.51. The molecule has 1 unspecified atom stereocenters. The van der Waals surface area contributed by atoms with Crippen LogP contribution in [0.4, 0.5) is 0 Å². The highest BCUT2D eigenvalue weighted by Gasteiger charge is 2.41. The summed E-state index contributed by atoms with van der Waals surface area (Å²) in [7, 11) is -3.44. The van der Waals surface area contributed by atoms with Crippen LogP contribution >= 0.6 is 7.60 Å². The molecule has 0 aliphatic heterocycles. The number of hydrogen-bond acceptors (Lipinski definition) is 5. The Morgan fingerprint density at radius 3 is 2.08 bits per heavy atom. The van der Waals surface area contributed by atoms with Gasteiger partial charge in [-0.05, 0) is 31.6 Å². The second-order valence-electron chi connectivity index (χ2n) is 5.35. The number of nitrogens with zero attached hydrogens (tertiary/aromatic N) is 1. The number of nitro groups is 1. The average Bonchev–Trinajstić information content (AvgIpc) is 2.57. The first kappa shape index (κ1) is 18.6. The number of allylic oxidation sites excluding steroid dienone is 2. The SMILES string of the molecule is CCOP(=O)(OCC)C(c1ccccc1)C1C=CC([N+](=O)[O-])C=C1. The van der Waals surface area contributed by atoms with Crippen molar-refractivity contribution in [3.05, 3.63) is 70.3 Å². The van der Waals surface area contributed by atoms with Gasteiger partial charge in [0.2, 0.25) is 6.04 Å². The van der Waals surface area contributed by atoms with E-state index in [2.05, 4.69) is 0 Å². The summed E-state index contributed by atoms with van der Waals surface area (Å²) in [6, 6.07) is 8.49. The standard InChI is InChI=1S/C17H22NO5P/c1-3-22-24(21,23-4-2)17(14-8-6-5-7-9-14)15-10-12-16(13-11-15)18(19)20/h5-13,15-17H,3-4H2,1-2H3. The van der Waals surface area contributed by atoms with Crippen molar-refractivity contribution in [3.63, 3.8) is 0 Å². The topological polar surface area (TPSA) is 78.7 Å². The molecule has 7 heteroatoms. The van der Waals surface area contributed by atoms with Gasteiger partial charge in [-0.1, -0.05) is 42.5 Å². The van der Waals surface area contributed by atoms with E-state index in [1.165, 1.54) is 12.2 Å². The zero-order chi connectivity index (χ0) is 17.6. The van der Waals surface area contributed by atoms with Crippen LogP contribution in [0.15, 0.2) is 54.6 Å². The van der Waals surface area contributed by atoms with Crippen molar-refractivity contribution in [1.29, 1.82) is 0 Å². The first-order valence-electron chi connectivity index (χ1n) is 7.95. The highest BCUT2D eigenvalue weighted by Crippen LogP contribution is 2.64. The quantitative estimate of drug-likeness (QED) is 0.300. The van der Waals surface area contributed by atoms with Crippen LogP contribution < -0.4 is 0 Å². The molecule has 24 heavy (non-hydrogen) atoms. The summed E-state index contributed by atoms with van der Waals surface area (Å²) < 4.78 is 24.5. The Bertz CT molecular complexity index is 634. The van der Waals surface area contributed by atoms with Gasteiger partial charge in [0.25, 0.3) is 0 Å². The van der Waals surface area contributed by atoms with Crippen LogP contribution in [0.3, 0.4) is 0 Å². The minimum atomic E-state index is -3.44. The average molecular weight is 351 g/mol. The van der Waals surface area contributed by atoms with Gasteiger partial charge in [0, 0.05) is 10.8 Å². The lowest BCUT2D eigenvalue weighted by atomic mass is 9.93. The molecule has 0 amide bonds. The van der Waals surface area contributed by atoms with E-state index < -0.39 is 19.3 Å². The third-order valence-corrected chi connectivity index (χ3v) is 6.33. The molecule has 0 N–H and O–H groups in total. The summed E-state index contributed by atoms with van der Waals surface area (Å²) in [5.41, 5.74) is 0.278. The zero-order valence-corrected chi connectivity index (χ0v) is 14.7. The van der Waals surface area contributed by atoms with Gasteiger partial charge in [-0.25, -0.2) is 0 Å². The molecule has 0 aromatic heterocycles. The van der Waals surface area contributed by atoms with Gasteiger partial charge in [0.05, 0.1) is 18.9 Å². The first-order chi connectivity index (χ1) is 11.5. The van der Waals surface area contributed by atoms with Gasteiger partial charge in [-0.15, -0.1) is 0 Å². The van der Waals surface area contributed by atoms with Crippen LogP contribution in [-0.4, -0.2) is 24.2 Å². The van der Waals surface area contributed by atoms with Crippen molar-refractivity contribution in [1.82, 2.24) is 0 Å². The van der Waals surface area contributed by atoms with Crippen LogP contribution in [0.2, 0.25) is 0 Å². The molecule has 1 aromatic carbocycles. The molecule has 0 saturated heterocycles. The summed E-state index contributed by atoms with van der Waals surface area (Å²) in [6.07, 6.45) is 6.47. The predicted octanol–water partition coefficient (Wildman–Crippen LogP) is 4.38. The van der Waals surface area contributed by atoms with Gasteiger partial charge >= 0.3 is 7.60 Å². The Morgan fingerprint density at radius 2 is 1.62 bits per heavy atom. The van der Waals surface area contributed by atoms with Crippen molar-refractivity contribution >= 4 is 7.60 Å². The van der Waals surface area contributed by atoms with Crippen LogP contribution in [0.1, 0.15) is 25.1 Å². The molecule has 0 spiro atoms. The summed E-state index contributed by atoms with van der Waals surface area (Å²) in [6.45, 7) is 4.06. The summed E-state index contributed by atoms with van der Waals surface area (Å²) in [5, 5.41) is 10.9. The highest BCUT2D eigenvalue weighted by atomic mass is 31.2. The first-order valence-corrected chi connectivity index (χ1v) is 9.57. The number of benzene rings is 1. The van der Waals surface area contributed by atoms with E-state index in [9.17, 15) is 14.7 Å². The van der Waals surface area contributed by atoms with Crippen LogP contribution in [0.25, 0.3) is 0 Å². The predicted molar refractivity (Wildman–Crippen MR) is 92.6 cm³/mol. The lowest BCUT2D eigenvalue weighted by Crippen LogP contribution is -2.20. The minimum Gasteiger partial charge on any atom is -0.308 e. The van der Waals surface area contributed by atoms with Crippen molar-refractivity contribution in [2.24, 2.45) is 5.92 Å². The molecular weight excluding hydrogens is 329 g/mol. The number of hydrogen-bond donors (Lipinski definition) is 0. The van der Waals surface area contributed by atoms with Crippen molar-refractivity contribution in [3.8, 4) is 0 Å². The van der Waals surface area contributed by atoms with Gasteiger partial charge in [0.1, 0.15) is 0 Å². The maximum Gasteiger partial charge on any atom is 0.338 e. The molecule has 1 aliphatic carbocycles. The Labute approximate surface area is 141 Å². The Kier molecular flexibility index (Phi) is 6.49. The monoisotopic (exact) mass is 351 g/mol. The molecule has 130 valence electrons. The van der Waals surface area contributed by atoms with Crippen LogP contribution in [0, 0.1) is 16.0 Å². The molecule has 6 nitrogen and oxygen atoms in total. The molecule has 2 rings (SSSR count). The van der Waals surface area contributed by atoms with E-state index in [4.69, 9.17) is 9.05 Å². The molecular formula is C17H22NO5P. The van der Waals surface area contributed by atoms with Gasteiger partial charge < -0.3 is 9.05 Å². The highest BCUT2D eigenvalue weighted by molar-refractivity contribution is 7.54. The molecule has 0 heterocycles. The largest absolute Gasteiger partial charge is 0.338 e. The van der Waals surface area contributed by atoms with Crippen LogP contribution in [-0.2, 0) is 13.6 Å². The normalized spacial score (nSPS) is 21.6. The zero-order valence-electron chi connectivity index (χ0n) is 13.8. The van der Waals surface area contributed by atoms with Gasteiger partial charge in [0.15, 0.2) is 0 Å². The fourth-order valence-corrected chi connectivity index (χ4v) is 5.06. The van der Waals surface area contributed by atoms with Crippen molar-refractivity contribution in [2.45, 2.75) is 25.5 Å².